The van der Waals surface area contributed by atoms with Crippen molar-refractivity contribution in [2.24, 2.45) is 5.92 Å². The summed E-state index contributed by atoms with van der Waals surface area (Å²) in [5.41, 5.74) is 0. The van der Waals surface area contributed by atoms with Gasteiger partial charge in [0.1, 0.15) is 0 Å². The Morgan fingerprint density at radius 2 is 1.93 bits per heavy atom. The first-order valence-electron chi connectivity index (χ1n) is 6.52. The Hall–Kier alpha value is -0.480. The van der Waals surface area contributed by atoms with Gasteiger partial charge in [-0.05, 0) is 38.0 Å². The quantitative estimate of drug-likeness (QED) is 0.682. The van der Waals surface area contributed by atoms with Gasteiger partial charge in [0, 0.05) is 6.04 Å². The Morgan fingerprint density at radius 3 is 2.40 bits per heavy atom. The molecule has 0 amide bonds. The largest absolute Gasteiger partial charge is 0.301 e. The zero-order valence-electron chi connectivity index (χ0n) is 10.3. The van der Waals surface area contributed by atoms with Gasteiger partial charge >= 0.3 is 0 Å². The van der Waals surface area contributed by atoms with Crippen molar-refractivity contribution in [2.45, 2.75) is 70.9 Å². The minimum atomic E-state index is 0.290. The molecule has 1 rings (SSSR count). The van der Waals surface area contributed by atoms with Gasteiger partial charge in [-0.1, -0.05) is 32.6 Å². The molecule has 1 atom stereocenters. The molecule has 1 unspecified atom stereocenters. The molecule has 1 N–H and O–H groups in total. The highest BCUT2D eigenvalue weighted by Crippen LogP contribution is 2.27. The molecular formula is C14H25N. The van der Waals surface area contributed by atoms with Crippen molar-refractivity contribution in [1.82, 2.24) is 5.32 Å². The summed E-state index contributed by atoms with van der Waals surface area (Å²) in [7, 11) is 0. The van der Waals surface area contributed by atoms with Gasteiger partial charge in [-0.15, -0.1) is 6.42 Å². The molecular weight excluding hydrogens is 182 g/mol. The topological polar surface area (TPSA) is 12.0 Å². The third kappa shape index (κ3) is 4.26. The summed E-state index contributed by atoms with van der Waals surface area (Å²) in [6.07, 6.45) is 14.7. The van der Waals surface area contributed by atoms with E-state index in [4.69, 9.17) is 6.42 Å². The van der Waals surface area contributed by atoms with Crippen LogP contribution in [0.1, 0.15) is 58.8 Å². The molecule has 0 aromatic carbocycles. The van der Waals surface area contributed by atoms with Crippen LogP contribution in [0.2, 0.25) is 0 Å². The van der Waals surface area contributed by atoms with Gasteiger partial charge in [-0.2, -0.15) is 0 Å². The monoisotopic (exact) mass is 207 g/mol. The van der Waals surface area contributed by atoms with Crippen molar-refractivity contribution in [2.75, 3.05) is 0 Å². The zero-order chi connectivity index (χ0) is 11.1. The van der Waals surface area contributed by atoms with Crippen LogP contribution in [0.15, 0.2) is 0 Å². The maximum Gasteiger partial charge on any atom is 0.0686 e. The summed E-state index contributed by atoms with van der Waals surface area (Å²) in [5, 5.41) is 3.58. The Morgan fingerprint density at radius 1 is 1.27 bits per heavy atom. The lowest BCUT2D eigenvalue weighted by molar-refractivity contribution is 0.271. The Balaban J connectivity index is 2.22. The van der Waals surface area contributed by atoms with Crippen LogP contribution in [-0.2, 0) is 0 Å². The summed E-state index contributed by atoms with van der Waals surface area (Å²) in [4.78, 5) is 0. The average molecular weight is 207 g/mol. The summed E-state index contributed by atoms with van der Waals surface area (Å²) in [6.45, 7) is 4.44. The maximum absolute atomic E-state index is 5.46. The molecule has 0 aromatic rings. The minimum Gasteiger partial charge on any atom is -0.301 e. The number of hydrogen-bond acceptors (Lipinski definition) is 1. The SMILES string of the molecule is C#CC(CC)NC1CCC(CCC)CC1. The molecule has 0 saturated heterocycles. The van der Waals surface area contributed by atoms with E-state index in [2.05, 4.69) is 25.1 Å². The van der Waals surface area contributed by atoms with Gasteiger partial charge in [0.15, 0.2) is 0 Å². The van der Waals surface area contributed by atoms with Crippen molar-refractivity contribution < 1.29 is 0 Å². The van der Waals surface area contributed by atoms with E-state index in [0.717, 1.165) is 12.3 Å². The Bertz CT molecular complexity index is 196. The van der Waals surface area contributed by atoms with E-state index < -0.39 is 0 Å². The summed E-state index contributed by atoms with van der Waals surface area (Å²) in [6, 6.07) is 0.969. The average Bonchev–Trinajstić information content (AvgIpc) is 2.28. The number of rotatable bonds is 5. The predicted octanol–water partition coefficient (Wildman–Crippen LogP) is 3.35. The third-order valence-corrected chi connectivity index (χ3v) is 3.59. The second kappa shape index (κ2) is 6.90. The second-order valence-electron chi connectivity index (χ2n) is 4.80. The van der Waals surface area contributed by atoms with E-state index in [9.17, 15) is 0 Å². The normalized spacial score (nSPS) is 28.3. The highest BCUT2D eigenvalue weighted by molar-refractivity contribution is 4.99. The molecule has 1 saturated carbocycles. The van der Waals surface area contributed by atoms with Crippen molar-refractivity contribution >= 4 is 0 Å². The van der Waals surface area contributed by atoms with Gasteiger partial charge < -0.3 is 5.32 Å². The van der Waals surface area contributed by atoms with Crippen LogP contribution in [0.5, 0.6) is 0 Å². The minimum absolute atomic E-state index is 0.290. The third-order valence-electron chi connectivity index (χ3n) is 3.59. The Labute approximate surface area is 95.0 Å². The van der Waals surface area contributed by atoms with Gasteiger partial charge in [0.05, 0.1) is 6.04 Å². The lowest BCUT2D eigenvalue weighted by atomic mass is 9.83. The van der Waals surface area contributed by atoms with E-state index in [1.807, 2.05) is 0 Å². The Kier molecular flexibility index (Phi) is 5.79. The van der Waals surface area contributed by atoms with Crippen LogP contribution in [0.25, 0.3) is 0 Å². The van der Waals surface area contributed by atoms with E-state index in [-0.39, 0.29) is 6.04 Å². The van der Waals surface area contributed by atoms with Crippen molar-refractivity contribution in [3.05, 3.63) is 0 Å². The highest BCUT2D eigenvalue weighted by Gasteiger charge is 2.21. The molecule has 15 heavy (non-hydrogen) atoms. The van der Waals surface area contributed by atoms with Crippen molar-refractivity contribution in [1.29, 1.82) is 0 Å². The molecule has 0 heterocycles. The second-order valence-corrected chi connectivity index (χ2v) is 4.80. The maximum atomic E-state index is 5.46. The fourth-order valence-corrected chi connectivity index (χ4v) is 2.59. The number of terminal acetylenes is 1. The van der Waals surface area contributed by atoms with Crippen molar-refractivity contribution in [3.8, 4) is 12.3 Å². The van der Waals surface area contributed by atoms with Crippen LogP contribution in [0, 0.1) is 18.3 Å². The molecule has 1 nitrogen and oxygen atoms in total. The number of nitrogens with one attached hydrogen (secondary N) is 1. The molecule has 1 aliphatic rings. The fourth-order valence-electron chi connectivity index (χ4n) is 2.59. The molecule has 1 aliphatic carbocycles. The number of hydrogen-bond donors (Lipinski definition) is 1. The molecule has 0 spiro atoms. The van der Waals surface area contributed by atoms with Crippen LogP contribution < -0.4 is 5.32 Å². The fraction of sp³-hybridized carbons (Fsp3) is 0.857. The molecule has 0 radical (unpaired) electrons. The van der Waals surface area contributed by atoms with Crippen LogP contribution >= 0.6 is 0 Å². The van der Waals surface area contributed by atoms with E-state index >= 15 is 0 Å². The zero-order valence-corrected chi connectivity index (χ0v) is 10.3. The molecule has 0 bridgehead atoms. The molecule has 0 aromatic heterocycles. The van der Waals surface area contributed by atoms with Gasteiger partial charge in [-0.3, -0.25) is 0 Å². The van der Waals surface area contributed by atoms with Gasteiger partial charge in [-0.25, -0.2) is 0 Å². The lowest BCUT2D eigenvalue weighted by Gasteiger charge is -2.30. The van der Waals surface area contributed by atoms with Gasteiger partial charge in [0.25, 0.3) is 0 Å². The lowest BCUT2D eigenvalue weighted by Crippen LogP contribution is -2.39. The first-order valence-corrected chi connectivity index (χ1v) is 6.52. The predicted molar refractivity (Wildman–Crippen MR) is 66.7 cm³/mol. The van der Waals surface area contributed by atoms with Gasteiger partial charge in [0.2, 0.25) is 0 Å². The molecule has 86 valence electrons. The molecule has 1 heteroatoms. The van der Waals surface area contributed by atoms with Crippen LogP contribution in [0.3, 0.4) is 0 Å². The smallest absolute Gasteiger partial charge is 0.0686 e. The first-order chi connectivity index (χ1) is 7.30. The highest BCUT2D eigenvalue weighted by atomic mass is 14.9. The standard InChI is InChI=1S/C14H25N/c1-4-7-12-8-10-14(11-9-12)15-13(5-2)6-3/h2,12-15H,4,6-11H2,1,3H3. The summed E-state index contributed by atoms with van der Waals surface area (Å²) in [5.74, 6) is 3.81. The first kappa shape index (κ1) is 12.6. The summed E-state index contributed by atoms with van der Waals surface area (Å²) < 4.78 is 0. The molecule has 1 fully saturated rings. The summed E-state index contributed by atoms with van der Waals surface area (Å²) >= 11 is 0. The van der Waals surface area contributed by atoms with E-state index in [0.29, 0.717) is 6.04 Å². The molecule has 0 aliphatic heterocycles. The van der Waals surface area contributed by atoms with E-state index in [1.54, 1.807) is 0 Å². The van der Waals surface area contributed by atoms with Crippen molar-refractivity contribution in [3.63, 3.8) is 0 Å². The van der Waals surface area contributed by atoms with E-state index in [1.165, 1.54) is 38.5 Å². The van der Waals surface area contributed by atoms with Crippen LogP contribution in [-0.4, -0.2) is 12.1 Å². The van der Waals surface area contributed by atoms with Crippen LogP contribution in [0.4, 0.5) is 0 Å².